The first-order valence-corrected chi connectivity index (χ1v) is 9.00. The van der Waals surface area contributed by atoms with Crippen molar-refractivity contribution in [1.82, 2.24) is 0 Å². The van der Waals surface area contributed by atoms with E-state index in [9.17, 15) is 9.59 Å². The van der Waals surface area contributed by atoms with Gasteiger partial charge in [0.1, 0.15) is 0 Å². The van der Waals surface area contributed by atoms with Gasteiger partial charge in [0, 0.05) is 20.4 Å². The van der Waals surface area contributed by atoms with Gasteiger partial charge in [-0.3, -0.25) is 9.59 Å². The summed E-state index contributed by atoms with van der Waals surface area (Å²) in [5.41, 5.74) is 10.3. The Labute approximate surface area is 92.4 Å². The van der Waals surface area contributed by atoms with Gasteiger partial charge in [0.25, 0.3) is 0 Å². The van der Waals surface area contributed by atoms with E-state index in [4.69, 9.17) is 11.5 Å². The SMILES string of the molecule is C[Si](C)(C)CCCC(CC(N)=O)C(N)=O. The number of nitrogens with two attached hydrogens (primary N) is 2. The Kier molecular flexibility index (Phi) is 5.57. The molecule has 0 radical (unpaired) electrons. The normalized spacial score (nSPS) is 13.5. The minimum atomic E-state index is -1.07. The van der Waals surface area contributed by atoms with Crippen molar-refractivity contribution >= 4 is 19.9 Å². The summed E-state index contributed by atoms with van der Waals surface area (Å²) in [5.74, 6) is -1.24. The lowest BCUT2D eigenvalue weighted by atomic mass is 9.99. The monoisotopic (exact) mass is 230 g/mol. The Bertz CT molecular complexity index is 236. The number of rotatable bonds is 7. The van der Waals surface area contributed by atoms with Crippen LogP contribution in [0.15, 0.2) is 0 Å². The zero-order valence-electron chi connectivity index (χ0n) is 9.88. The van der Waals surface area contributed by atoms with Gasteiger partial charge in [0.05, 0.1) is 0 Å². The zero-order valence-corrected chi connectivity index (χ0v) is 10.9. The molecule has 0 heterocycles. The molecule has 0 fully saturated rings. The molecular formula is C10H22N2O2Si. The molecule has 0 aliphatic heterocycles. The predicted octanol–water partition coefficient (Wildman–Crippen LogP) is 1.08. The maximum Gasteiger partial charge on any atom is 0.221 e. The molecule has 15 heavy (non-hydrogen) atoms. The van der Waals surface area contributed by atoms with Crippen molar-refractivity contribution < 1.29 is 9.59 Å². The second-order valence-electron chi connectivity index (χ2n) is 5.22. The molecule has 4 N–H and O–H groups in total. The highest BCUT2D eigenvalue weighted by Crippen LogP contribution is 2.18. The molecule has 0 spiro atoms. The van der Waals surface area contributed by atoms with Crippen molar-refractivity contribution in [1.29, 1.82) is 0 Å². The number of carbonyl (C=O) groups is 2. The van der Waals surface area contributed by atoms with Crippen LogP contribution in [-0.2, 0) is 9.59 Å². The molecule has 0 rings (SSSR count). The van der Waals surface area contributed by atoms with Crippen LogP contribution in [0.1, 0.15) is 19.3 Å². The lowest BCUT2D eigenvalue weighted by Crippen LogP contribution is -2.29. The fourth-order valence-electron chi connectivity index (χ4n) is 1.47. The number of hydrogen-bond acceptors (Lipinski definition) is 2. The van der Waals surface area contributed by atoms with Gasteiger partial charge >= 0.3 is 0 Å². The van der Waals surface area contributed by atoms with E-state index in [2.05, 4.69) is 19.6 Å². The van der Waals surface area contributed by atoms with Gasteiger partial charge in [-0.05, 0) is 6.42 Å². The van der Waals surface area contributed by atoms with Crippen LogP contribution in [0.4, 0.5) is 0 Å². The standard InChI is InChI=1S/C10H22N2O2Si/c1-15(2,3)6-4-5-8(10(12)14)7-9(11)13/h8H,4-7H2,1-3H3,(H2,11,13)(H2,12,14). The summed E-state index contributed by atoms with van der Waals surface area (Å²) < 4.78 is 0. The lowest BCUT2D eigenvalue weighted by Gasteiger charge is -2.17. The number of carbonyl (C=O) groups excluding carboxylic acids is 2. The van der Waals surface area contributed by atoms with Crippen LogP contribution >= 0.6 is 0 Å². The first-order valence-electron chi connectivity index (χ1n) is 5.30. The maximum atomic E-state index is 11.0. The van der Waals surface area contributed by atoms with E-state index < -0.39 is 19.9 Å². The predicted molar refractivity (Wildman–Crippen MR) is 63.9 cm³/mol. The Morgan fingerprint density at radius 1 is 1.20 bits per heavy atom. The third kappa shape index (κ3) is 8.17. The van der Waals surface area contributed by atoms with Gasteiger partial charge in [0.15, 0.2) is 0 Å². The topological polar surface area (TPSA) is 86.2 Å². The molecular weight excluding hydrogens is 208 g/mol. The molecule has 0 aliphatic rings. The lowest BCUT2D eigenvalue weighted by molar-refractivity contribution is -0.127. The summed E-state index contributed by atoms with van der Waals surface area (Å²) in [5, 5.41) is 0. The van der Waals surface area contributed by atoms with Crippen LogP contribution in [0.2, 0.25) is 25.7 Å². The van der Waals surface area contributed by atoms with Crippen molar-refractivity contribution in [3.05, 3.63) is 0 Å². The van der Waals surface area contributed by atoms with Crippen molar-refractivity contribution in [3.8, 4) is 0 Å². The van der Waals surface area contributed by atoms with Gasteiger partial charge in [0.2, 0.25) is 11.8 Å². The molecule has 2 amide bonds. The average molecular weight is 230 g/mol. The van der Waals surface area contributed by atoms with Crippen LogP contribution in [0.5, 0.6) is 0 Å². The molecule has 1 atom stereocenters. The van der Waals surface area contributed by atoms with E-state index in [0.717, 1.165) is 12.5 Å². The fourth-order valence-corrected chi connectivity index (χ4v) is 2.73. The summed E-state index contributed by atoms with van der Waals surface area (Å²) >= 11 is 0. The van der Waals surface area contributed by atoms with Crippen LogP contribution in [0, 0.1) is 5.92 Å². The Morgan fingerprint density at radius 3 is 2.07 bits per heavy atom. The molecule has 0 aromatic heterocycles. The van der Waals surface area contributed by atoms with E-state index >= 15 is 0 Å². The molecule has 0 bridgehead atoms. The minimum absolute atomic E-state index is 0.0844. The first kappa shape index (κ1) is 14.2. The first-order chi connectivity index (χ1) is 6.72. The Morgan fingerprint density at radius 2 is 1.73 bits per heavy atom. The van der Waals surface area contributed by atoms with Crippen molar-refractivity contribution in [3.63, 3.8) is 0 Å². The molecule has 0 aromatic rings. The number of primary amides is 2. The van der Waals surface area contributed by atoms with Crippen LogP contribution < -0.4 is 11.5 Å². The third-order valence-corrected chi connectivity index (χ3v) is 4.18. The van der Waals surface area contributed by atoms with E-state index in [-0.39, 0.29) is 12.3 Å². The molecule has 0 saturated carbocycles. The molecule has 5 heteroatoms. The summed E-state index contributed by atoms with van der Waals surface area (Å²) in [6.07, 6.45) is 1.72. The summed E-state index contributed by atoms with van der Waals surface area (Å²) in [4.78, 5) is 21.7. The van der Waals surface area contributed by atoms with E-state index in [1.54, 1.807) is 0 Å². The van der Waals surface area contributed by atoms with Gasteiger partial charge in [-0.1, -0.05) is 32.1 Å². The minimum Gasteiger partial charge on any atom is -0.370 e. The van der Waals surface area contributed by atoms with Gasteiger partial charge in [-0.2, -0.15) is 0 Å². The van der Waals surface area contributed by atoms with Crippen molar-refractivity contribution in [2.45, 2.75) is 44.9 Å². The van der Waals surface area contributed by atoms with E-state index in [1.165, 1.54) is 0 Å². The quantitative estimate of drug-likeness (QED) is 0.641. The average Bonchev–Trinajstić information content (AvgIpc) is 1.99. The molecule has 0 saturated heterocycles. The highest BCUT2D eigenvalue weighted by Gasteiger charge is 2.19. The third-order valence-electron chi connectivity index (χ3n) is 2.33. The summed E-state index contributed by atoms with van der Waals surface area (Å²) in [7, 11) is -1.07. The fraction of sp³-hybridized carbons (Fsp3) is 0.800. The molecule has 0 aromatic carbocycles. The van der Waals surface area contributed by atoms with Gasteiger partial charge in [-0.15, -0.1) is 0 Å². The van der Waals surface area contributed by atoms with Crippen molar-refractivity contribution in [2.24, 2.45) is 17.4 Å². The van der Waals surface area contributed by atoms with Crippen molar-refractivity contribution in [2.75, 3.05) is 0 Å². The van der Waals surface area contributed by atoms with Crippen LogP contribution in [0.25, 0.3) is 0 Å². The zero-order chi connectivity index (χ0) is 12.1. The van der Waals surface area contributed by atoms with Crippen LogP contribution in [-0.4, -0.2) is 19.9 Å². The number of amides is 2. The second kappa shape index (κ2) is 5.90. The largest absolute Gasteiger partial charge is 0.370 e. The van der Waals surface area contributed by atoms with E-state index in [0.29, 0.717) is 6.42 Å². The van der Waals surface area contributed by atoms with Crippen LogP contribution in [0.3, 0.4) is 0 Å². The maximum absolute atomic E-state index is 11.0. The molecule has 0 aliphatic carbocycles. The highest BCUT2D eigenvalue weighted by molar-refractivity contribution is 6.76. The van der Waals surface area contributed by atoms with E-state index in [1.807, 2.05) is 0 Å². The molecule has 1 unspecified atom stereocenters. The van der Waals surface area contributed by atoms with Gasteiger partial charge in [-0.25, -0.2) is 0 Å². The number of hydrogen-bond donors (Lipinski definition) is 2. The summed E-state index contributed by atoms with van der Waals surface area (Å²) in [6.45, 7) is 6.83. The Balaban J connectivity index is 3.98. The smallest absolute Gasteiger partial charge is 0.221 e. The van der Waals surface area contributed by atoms with Gasteiger partial charge < -0.3 is 11.5 Å². The Hall–Kier alpha value is -0.843. The molecule has 88 valence electrons. The summed E-state index contributed by atoms with van der Waals surface area (Å²) in [6, 6.07) is 1.15. The molecule has 4 nitrogen and oxygen atoms in total. The second-order valence-corrected chi connectivity index (χ2v) is 10.8. The highest BCUT2D eigenvalue weighted by atomic mass is 28.3.